The van der Waals surface area contributed by atoms with Gasteiger partial charge in [0.1, 0.15) is 12.1 Å². The van der Waals surface area contributed by atoms with E-state index in [4.69, 9.17) is 16.3 Å². The molecule has 7 heteroatoms. The van der Waals surface area contributed by atoms with Crippen LogP contribution in [0.1, 0.15) is 25.0 Å². The van der Waals surface area contributed by atoms with Gasteiger partial charge in [0.25, 0.3) is 0 Å². The van der Waals surface area contributed by atoms with Crippen LogP contribution in [-0.4, -0.2) is 44.2 Å². The second kappa shape index (κ2) is 7.80. The molecule has 1 aromatic carbocycles. The number of ether oxygens (including phenoxy) is 1. The van der Waals surface area contributed by atoms with Crippen molar-refractivity contribution in [2.24, 2.45) is 5.92 Å². The minimum atomic E-state index is -0.229. The summed E-state index contributed by atoms with van der Waals surface area (Å²) in [6.45, 7) is 3.80. The molecule has 4 N–H and O–H groups in total. The Morgan fingerprint density at radius 1 is 1.33 bits per heavy atom. The van der Waals surface area contributed by atoms with E-state index in [1.165, 1.54) is 0 Å². The van der Waals surface area contributed by atoms with Crippen LogP contribution in [0.15, 0.2) is 24.3 Å². The number of benzene rings is 1. The zero-order chi connectivity index (χ0) is 17.1. The van der Waals surface area contributed by atoms with Crippen molar-refractivity contribution in [3.05, 3.63) is 34.9 Å². The van der Waals surface area contributed by atoms with Gasteiger partial charge in [-0.15, -0.1) is 0 Å². The Morgan fingerprint density at radius 2 is 2.08 bits per heavy atom. The van der Waals surface area contributed by atoms with E-state index in [1.54, 1.807) is 7.11 Å². The van der Waals surface area contributed by atoms with Gasteiger partial charge in [0.15, 0.2) is 0 Å². The minimum Gasteiger partial charge on any atom is -0.375 e. The number of piperidine rings is 1. The summed E-state index contributed by atoms with van der Waals surface area (Å²) >= 11 is 5.94. The maximum absolute atomic E-state index is 12.7. The lowest BCUT2D eigenvalue weighted by Gasteiger charge is -2.29. The fourth-order valence-corrected chi connectivity index (χ4v) is 3.77. The highest BCUT2D eigenvalue weighted by atomic mass is 35.5. The molecule has 5 atom stereocenters. The molecule has 5 unspecified atom stereocenters. The van der Waals surface area contributed by atoms with Crippen molar-refractivity contribution in [1.82, 2.24) is 21.5 Å². The molecule has 2 saturated heterocycles. The van der Waals surface area contributed by atoms with Gasteiger partial charge in [-0.25, -0.2) is 5.43 Å². The van der Waals surface area contributed by atoms with Crippen LogP contribution in [0.3, 0.4) is 0 Å². The largest absolute Gasteiger partial charge is 0.375 e. The first kappa shape index (κ1) is 17.6. The molecule has 1 amide bonds. The number of hydrogen-bond acceptors (Lipinski definition) is 5. The Balaban J connectivity index is 1.63. The van der Waals surface area contributed by atoms with Crippen molar-refractivity contribution >= 4 is 17.5 Å². The van der Waals surface area contributed by atoms with E-state index in [1.807, 2.05) is 31.2 Å². The summed E-state index contributed by atoms with van der Waals surface area (Å²) < 4.78 is 5.60. The van der Waals surface area contributed by atoms with E-state index < -0.39 is 0 Å². The second-order valence-corrected chi connectivity index (χ2v) is 6.97. The Morgan fingerprint density at radius 3 is 2.79 bits per heavy atom. The first-order valence-corrected chi connectivity index (χ1v) is 8.78. The fourth-order valence-electron chi connectivity index (χ4n) is 3.65. The Hall–Kier alpha value is -1.18. The summed E-state index contributed by atoms with van der Waals surface area (Å²) in [5.74, 6) is 0.268. The van der Waals surface area contributed by atoms with E-state index in [0.717, 1.165) is 25.1 Å². The highest BCUT2D eigenvalue weighted by Gasteiger charge is 2.41. The third-order valence-corrected chi connectivity index (χ3v) is 5.19. The van der Waals surface area contributed by atoms with Crippen molar-refractivity contribution in [3.8, 4) is 0 Å². The lowest BCUT2D eigenvalue weighted by atomic mass is 9.89. The average Bonchev–Trinajstić information content (AvgIpc) is 3.01. The maximum Gasteiger partial charge on any atom is 0.239 e. The molecule has 0 radical (unpaired) electrons. The SMILES string of the molecule is COC(c1ccc(Cl)cc1)C(C)NC(=O)C1NNC2CCNCC21. The van der Waals surface area contributed by atoms with Gasteiger partial charge in [-0.2, -0.15) is 0 Å². The number of methoxy groups -OCH3 is 1. The molecule has 132 valence electrons. The molecule has 1 aromatic rings. The summed E-state index contributed by atoms with van der Waals surface area (Å²) in [7, 11) is 1.65. The highest BCUT2D eigenvalue weighted by Crippen LogP contribution is 2.24. The van der Waals surface area contributed by atoms with Gasteiger partial charge < -0.3 is 15.4 Å². The van der Waals surface area contributed by atoms with Gasteiger partial charge in [-0.3, -0.25) is 10.2 Å². The lowest BCUT2D eigenvalue weighted by molar-refractivity contribution is -0.125. The normalized spacial score (nSPS) is 28.9. The number of hydrogen-bond donors (Lipinski definition) is 4. The Labute approximate surface area is 147 Å². The topological polar surface area (TPSA) is 74.4 Å². The number of carbonyl (C=O) groups excluding carboxylic acids is 1. The predicted octanol–water partition coefficient (Wildman–Crippen LogP) is 0.987. The third kappa shape index (κ3) is 3.73. The zero-order valence-corrected chi connectivity index (χ0v) is 14.8. The summed E-state index contributed by atoms with van der Waals surface area (Å²) in [4.78, 5) is 12.7. The van der Waals surface area contributed by atoms with E-state index in [0.29, 0.717) is 11.1 Å². The van der Waals surface area contributed by atoms with E-state index in [9.17, 15) is 4.79 Å². The van der Waals surface area contributed by atoms with Crippen molar-refractivity contribution in [3.63, 3.8) is 0 Å². The van der Waals surface area contributed by atoms with Gasteiger partial charge >= 0.3 is 0 Å². The van der Waals surface area contributed by atoms with Crippen LogP contribution in [0.4, 0.5) is 0 Å². The van der Waals surface area contributed by atoms with Gasteiger partial charge in [0.2, 0.25) is 5.91 Å². The lowest BCUT2D eigenvalue weighted by Crippen LogP contribution is -2.52. The first-order valence-electron chi connectivity index (χ1n) is 8.40. The smallest absolute Gasteiger partial charge is 0.239 e. The number of rotatable bonds is 5. The fraction of sp³-hybridized carbons (Fsp3) is 0.588. The predicted molar refractivity (Wildman–Crippen MR) is 93.6 cm³/mol. The van der Waals surface area contributed by atoms with Crippen molar-refractivity contribution in [2.75, 3.05) is 20.2 Å². The summed E-state index contributed by atoms with van der Waals surface area (Å²) in [5, 5.41) is 7.14. The number of halogens is 1. The van der Waals surface area contributed by atoms with E-state index in [-0.39, 0.29) is 30.0 Å². The molecule has 2 fully saturated rings. The van der Waals surface area contributed by atoms with Crippen molar-refractivity contribution < 1.29 is 9.53 Å². The molecular formula is C17H25ClN4O2. The second-order valence-electron chi connectivity index (χ2n) is 6.53. The first-order chi connectivity index (χ1) is 11.6. The molecule has 0 aliphatic carbocycles. The maximum atomic E-state index is 12.7. The number of amides is 1. The van der Waals surface area contributed by atoms with Gasteiger partial charge in [0.05, 0.1) is 6.04 Å². The number of carbonyl (C=O) groups is 1. The standard InChI is InChI=1S/C17H25ClN4O2/c1-10(16(24-2)11-3-5-12(18)6-4-11)20-17(23)15-13-9-19-8-7-14(13)21-22-15/h3-6,10,13-16,19,21-22H,7-9H2,1-2H3,(H,20,23). The third-order valence-electron chi connectivity index (χ3n) is 4.94. The molecule has 3 rings (SSSR count). The van der Waals surface area contributed by atoms with Crippen LogP contribution in [0, 0.1) is 5.92 Å². The van der Waals surface area contributed by atoms with Crippen LogP contribution in [0.2, 0.25) is 5.02 Å². The van der Waals surface area contributed by atoms with Crippen LogP contribution in [-0.2, 0) is 9.53 Å². The summed E-state index contributed by atoms with van der Waals surface area (Å²) in [6.07, 6.45) is 0.809. The molecule has 0 aromatic heterocycles. The minimum absolute atomic E-state index is 0.00205. The highest BCUT2D eigenvalue weighted by molar-refractivity contribution is 6.30. The molecule has 6 nitrogen and oxygen atoms in total. The molecule has 0 saturated carbocycles. The molecule has 24 heavy (non-hydrogen) atoms. The van der Waals surface area contributed by atoms with Crippen LogP contribution in [0.5, 0.6) is 0 Å². The Kier molecular flexibility index (Phi) is 5.73. The van der Waals surface area contributed by atoms with Crippen molar-refractivity contribution in [1.29, 1.82) is 0 Å². The van der Waals surface area contributed by atoms with E-state index >= 15 is 0 Å². The molecule has 0 spiro atoms. The van der Waals surface area contributed by atoms with Crippen LogP contribution >= 0.6 is 11.6 Å². The van der Waals surface area contributed by atoms with Gasteiger partial charge in [-0.1, -0.05) is 23.7 Å². The van der Waals surface area contributed by atoms with Gasteiger partial charge in [-0.05, 0) is 37.6 Å². The van der Waals surface area contributed by atoms with Crippen LogP contribution in [0.25, 0.3) is 0 Å². The number of fused-ring (bicyclic) bond motifs is 1. The number of hydrazine groups is 1. The molecule has 2 heterocycles. The number of nitrogens with one attached hydrogen (secondary N) is 4. The average molecular weight is 353 g/mol. The quantitative estimate of drug-likeness (QED) is 0.636. The monoisotopic (exact) mass is 352 g/mol. The van der Waals surface area contributed by atoms with Crippen molar-refractivity contribution in [2.45, 2.75) is 37.6 Å². The van der Waals surface area contributed by atoms with Gasteiger partial charge in [0, 0.05) is 30.6 Å². The molecular weight excluding hydrogens is 328 g/mol. The summed E-state index contributed by atoms with van der Waals surface area (Å²) in [5.41, 5.74) is 7.38. The summed E-state index contributed by atoms with van der Waals surface area (Å²) in [6, 6.07) is 7.49. The van der Waals surface area contributed by atoms with E-state index in [2.05, 4.69) is 21.5 Å². The molecule has 2 aliphatic heterocycles. The zero-order valence-electron chi connectivity index (χ0n) is 14.0. The molecule has 0 bridgehead atoms. The molecule has 2 aliphatic rings. The van der Waals surface area contributed by atoms with Crippen LogP contribution < -0.4 is 21.5 Å². The Bertz CT molecular complexity index is 568.